The molecule has 2 heterocycles. The van der Waals surface area contributed by atoms with E-state index < -0.39 is 0 Å². The summed E-state index contributed by atoms with van der Waals surface area (Å²) in [6, 6.07) is 13.4. The van der Waals surface area contributed by atoms with Crippen molar-refractivity contribution in [2.45, 2.75) is 51.2 Å². The van der Waals surface area contributed by atoms with Crippen LogP contribution in [0.1, 0.15) is 48.5 Å². The van der Waals surface area contributed by atoms with Gasteiger partial charge in [-0.3, -0.25) is 4.79 Å². The van der Waals surface area contributed by atoms with E-state index in [0.717, 1.165) is 45.3 Å². The average Bonchev–Trinajstić information content (AvgIpc) is 2.82. The smallest absolute Gasteiger partial charge is 0.319 e. The number of carbonyl (C=O) groups excluding carboxylic acids is 2. The summed E-state index contributed by atoms with van der Waals surface area (Å²) in [5, 5.41) is 5.94. The van der Waals surface area contributed by atoms with E-state index >= 15 is 0 Å². The van der Waals surface area contributed by atoms with Crippen molar-refractivity contribution in [3.05, 3.63) is 65.5 Å². The molecular weight excluding hydrogens is 433 g/mol. The van der Waals surface area contributed by atoms with E-state index in [9.17, 15) is 14.0 Å². The number of ketones is 1. The molecule has 0 spiro atoms. The number of amides is 2. The molecule has 6 nitrogen and oxygen atoms in total. The Bertz CT molecular complexity index is 981. The van der Waals surface area contributed by atoms with Crippen molar-refractivity contribution in [2.75, 3.05) is 31.6 Å². The maximum Gasteiger partial charge on any atom is 0.319 e. The minimum Gasteiger partial charge on any atom is -0.375 e. The molecule has 2 N–H and O–H groups in total. The summed E-state index contributed by atoms with van der Waals surface area (Å²) in [7, 11) is 0. The summed E-state index contributed by atoms with van der Waals surface area (Å²) in [5.41, 5.74) is 2.34. The maximum absolute atomic E-state index is 13.2. The minimum atomic E-state index is -0.283. The van der Waals surface area contributed by atoms with Gasteiger partial charge in [-0.15, -0.1) is 0 Å². The molecule has 0 aromatic heterocycles. The van der Waals surface area contributed by atoms with Crippen molar-refractivity contribution >= 4 is 17.5 Å². The second-order valence-corrected chi connectivity index (χ2v) is 9.49. The molecule has 0 bridgehead atoms. The van der Waals surface area contributed by atoms with Gasteiger partial charge in [0.05, 0.1) is 12.1 Å². The van der Waals surface area contributed by atoms with E-state index in [1.54, 1.807) is 24.3 Å². The summed E-state index contributed by atoms with van der Waals surface area (Å²) < 4.78 is 19.3. The number of Topliss-reactive ketones (excluding diaryl/α,β-unsaturated/α-hetero) is 1. The third-order valence-electron chi connectivity index (χ3n) is 6.76. The minimum absolute atomic E-state index is 0.0379. The Morgan fingerprint density at radius 3 is 2.74 bits per heavy atom. The summed E-state index contributed by atoms with van der Waals surface area (Å²) in [5.74, 6) is 0.299. The molecule has 2 aromatic carbocycles. The molecule has 7 heteroatoms. The van der Waals surface area contributed by atoms with Crippen LogP contribution in [0.25, 0.3) is 0 Å². The molecule has 2 amide bonds. The van der Waals surface area contributed by atoms with Gasteiger partial charge in [-0.25, -0.2) is 9.18 Å². The van der Waals surface area contributed by atoms with Crippen LogP contribution in [0.4, 0.5) is 14.9 Å². The normalized spacial score (nSPS) is 23.3. The van der Waals surface area contributed by atoms with E-state index in [4.69, 9.17) is 4.74 Å². The van der Waals surface area contributed by atoms with Gasteiger partial charge in [-0.2, -0.15) is 0 Å². The number of rotatable bonds is 7. The van der Waals surface area contributed by atoms with Crippen LogP contribution in [0.2, 0.25) is 0 Å². The molecule has 0 saturated carbocycles. The van der Waals surface area contributed by atoms with Crippen molar-refractivity contribution in [3.8, 4) is 0 Å². The van der Waals surface area contributed by atoms with Crippen LogP contribution in [0.15, 0.2) is 48.5 Å². The summed E-state index contributed by atoms with van der Waals surface area (Å²) in [6.45, 7) is 5.00. The van der Waals surface area contributed by atoms with E-state index in [0.29, 0.717) is 23.8 Å². The highest BCUT2D eigenvalue weighted by atomic mass is 19.1. The SMILES string of the molecule is CC(=O)c1cccc(NC(=O)NC2CCCOC2CN2CCCC(Cc3ccc(F)cc3)C2)c1. The number of hydrogen-bond acceptors (Lipinski definition) is 4. The largest absolute Gasteiger partial charge is 0.375 e. The Balaban J connectivity index is 1.30. The summed E-state index contributed by atoms with van der Waals surface area (Å²) in [6.07, 6.45) is 4.97. The molecule has 3 unspecified atom stereocenters. The molecular formula is C27H34FN3O3. The zero-order valence-corrected chi connectivity index (χ0v) is 19.8. The quantitative estimate of drug-likeness (QED) is 0.582. The summed E-state index contributed by atoms with van der Waals surface area (Å²) >= 11 is 0. The zero-order chi connectivity index (χ0) is 23.9. The fraction of sp³-hybridized carbons (Fsp3) is 0.481. The first kappa shape index (κ1) is 24.4. The second kappa shape index (κ2) is 11.6. The van der Waals surface area contributed by atoms with Crippen molar-refractivity contribution in [2.24, 2.45) is 5.92 Å². The van der Waals surface area contributed by atoms with Gasteiger partial charge in [0, 0.05) is 30.9 Å². The van der Waals surface area contributed by atoms with Crippen LogP contribution in [-0.2, 0) is 11.2 Å². The molecule has 2 saturated heterocycles. The fourth-order valence-corrected chi connectivity index (χ4v) is 5.03. The number of likely N-dealkylation sites (tertiary alicyclic amines) is 1. The first-order valence-electron chi connectivity index (χ1n) is 12.2. The number of nitrogens with zero attached hydrogens (tertiary/aromatic N) is 1. The van der Waals surface area contributed by atoms with Crippen LogP contribution in [-0.4, -0.2) is 55.1 Å². The molecule has 182 valence electrons. The molecule has 34 heavy (non-hydrogen) atoms. The fourth-order valence-electron chi connectivity index (χ4n) is 5.03. The predicted octanol–water partition coefficient (Wildman–Crippen LogP) is 4.65. The molecule has 2 aliphatic heterocycles. The van der Waals surface area contributed by atoms with E-state index in [1.165, 1.54) is 31.0 Å². The Hall–Kier alpha value is -2.77. The van der Waals surface area contributed by atoms with E-state index in [2.05, 4.69) is 15.5 Å². The predicted molar refractivity (Wildman–Crippen MR) is 131 cm³/mol. The molecule has 2 aliphatic rings. The lowest BCUT2D eigenvalue weighted by Gasteiger charge is -2.39. The Morgan fingerprint density at radius 1 is 1.12 bits per heavy atom. The number of benzene rings is 2. The van der Waals surface area contributed by atoms with Crippen LogP contribution in [0.3, 0.4) is 0 Å². The number of halogens is 1. The topological polar surface area (TPSA) is 70.7 Å². The Morgan fingerprint density at radius 2 is 1.94 bits per heavy atom. The molecule has 2 aromatic rings. The van der Waals surface area contributed by atoms with Gasteiger partial charge < -0.3 is 20.3 Å². The van der Waals surface area contributed by atoms with Gasteiger partial charge in [0.2, 0.25) is 0 Å². The lowest BCUT2D eigenvalue weighted by Crippen LogP contribution is -2.53. The van der Waals surface area contributed by atoms with Gasteiger partial charge >= 0.3 is 6.03 Å². The van der Waals surface area contributed by atoms with Gasteiger partial charge in [0.25, 0.3) is 0 Å². The third kappa shape index (κ3) is 6.87. The zero-order valence-electron chi connectivity index (χ0n) is 19.8. The van der Waals surface area contributed by atoms with Crippen molar-refractivity contribution < 1.29 is 18.7 Å². The lowest BCUT2D eigenvalue weighted by molar-refractivity contribution is -0.0306. The number of hydrogen-bond donors (Lipinski definition) is 2. The van der Waals surface area contributed by atoms with E-state index in [-0.39, 0.29) is 29.8 Å². The standard InChI is InChI=1S/C27H34FN3O3/c1-19(32)22-6-2-7-24(16-22)29-27(33)30-25-8-4-14-34-26(25)18-31-13-3-5-21(17-31)15-20-9-11-23(28)12-10-20/h2,6-7,9-12,16,21,25-26H,3-5,8,13-15,17-18H2,1H3,(H2,29,30,33). The molecule has 2 fully saturated rings. The van der Waals surface area contributed by atoms with Crippen LogP contribution >= 0.6 is 0 Å². The molecule has 0 aliphatic carbocycles. The maximum atomic E-state index is 13.2. The van der Waals surface area contributed by atoms with E-state index in [1.807, 2.05) is 12.1 Å². The number of anilines is 1. The highest BCUT2D eigenvalue weighted by molar-refractivity contribution is 5.96. The van der Waals surface area contributed by atoms with Crippen LogP contribution < -0.4 is 10.6 Å². The van der Waals surface area contributed by atoms with Crippen molar-refractivity contribution in [3.63, 3.8) is 0 Å². The van der Waals surface area contributed by atoms with Crippen LogP contribution in [0.5, 0.6) is 0 Å². The molecule has 3 atom stereocenters. The monoisotopic (exact) mass is 467 g/mol. The number of piperidine rings is 1. The Kier molecular flexibility index (Phi) is 8.29. The third-order valence-corrected chi connectivity index (χ3v) is 6.76. The highest BCUT2D eigenvalue weighted by Gasteiger charge is 2.31. The highest BCUT2D eigenvalue weighted by Crippen LogP contribution is 2.23. The van der Waals surface area contributed by atoms with Gasteiger partial charge in [0.1, 0.15) is 5.82 Å². The number of nitrogens with one attached hydrogen (secondary N) is 2. The number of carbonyl (C=O) groups is 2. The first-order valence-corrected chi connectivity index (χ1v) is 12.2. The second-order valence-electron chi connectivity index (χ2n) is 9.49. The molecule has 4 rings (SSSR count). The molecule has 0 radical (unpaired) electrons. The van der Waals surface area contributed by atoms with Crippen molar-refractivity contribution in [1.29, 1.82) is 0 Å². The number of ether oxygens (including phenoxy) is 1. The van der Waals surface area contributed by atoms with Gasteiger partial charge in [-0.1, -0.05) is 24.3 Å². The van der Waals surface area contributed by atoms with Crippen LogP contribution in [0, 0.1) is 11.7 Å². The number of urea groups is 1. The summed E-state index contributed by atoms with van der Waals surface area (Å²) in [4.78, 5) is 26.7. The lowest BCUT2D eigenvalue weighted by atomic mass is 9.90. The Labute approximate surface area is 200 Å². The van der Waals surface area contributed by atoms with Gasteiger partial charge in [0.15, 0.2) is 5.78 Å². The average molecular weight is 468 g/mol. The van der Waals surface area contributed by atoms with Crippen molar-refractivity contribution in [1.82, 2.24) is 10.2 Å². The van der Waals surface area contributed by atoms with Gasteiger partial charge in [-0.05, 0) is 81.3 Å². The first-order chi connectivity index (χ1) is 16.5.